The molecule has 2 rings (SSSR count). The third-order valence-corrected chi connectivity index (χ3v) is 2.46. The van der Waals surface area contributed by atoms with E-state index in [9.17, 15) is 0 Å². The number of aromatic nitrogens is 2. The summed E-state index contributed by atoms with van der Waals surface area (Å²) in [6.45, 7) is 0. The highest BCUT2D eigenvalue weighted by Crippen LogP contribution is 2.34. The molecule has 1 heterocycles. The Morgan fingerprint density at radius 1 is 1.42 bits per heavy atom. The molecule has 0 radical (unpaired) electrons. The zero-order valence-electron chi connectivity index (χ0n) is 6.92. The molecule has 1 saturated carbocycles. The minimum absolute atomic E-state index is 0. The highest BCUT2D eigenvalue weighted by Gasteiger charge is 2.20. The number of nitrogens with one attached hydrogen (secondary N) is 1. The second kappa shape index (κ2) is 3.81. The molecule has 3 nitrogen and oxygen atoms in total. The molecule has 1 fully saturated rings. The average molecular weight is 188 g/mol. The van der Waals surface area contributed by atoms with Crippen LogP contribution in [0.25, 0.3) is 0 Å². The van der Waals surface area contributed by atoms with Gasteiger partial charge in [-0.15, -0.1) is 12.4 Å². The Morgan fingerprint density at radius 3 is 2.58 bits per heavy atom. The van der Waals surface area contributed by atoms with Crippen molar-refractivity contribution < 1.29 is 0 Å². The van der Waals surface area contributed by atoms with E-state index in [1.807, 2.05) is 0 Å². The lowest BCUT2D eigenvalue weighted by Gasteiger charge is -2.05. The first kappa shape index (κ1) is 9.39. The number of nitrogen functional groups attached to an aromatic ring is 1. The van der Waals surface area contributed by atoms with E-state index in [-0.39, 0.29) is 12.4 Å². The lowest BCUT2D eigenvalue weighted by atomic mass is 10.0. The Morgan fingerprint density at radius 2 is 2.08 bits per heavy atom. The smallest absolute Gasteiger partial charge is 0.144 e. The zero-order valence-corrected chi connectivity index (χ0v) is 7.73. The van der Waals surface area contributed by atoms with Gasteiger partial charge in [-0.1, -0.05) is 12.8 Å². The number of nitrogens with zero attached hydrogens (tertiary/aromatic N) is 1. The summed E-state index contributed by atoms with van der Waals surface area (Å²) in [7, 11) is 0. The number of hydrogen-bond donors (Lipinski definition) is 2. The average Bonchev–Trinajstić information content (AvgIpc) is 2.55. The van der Waals surface area contributed by atoms with Crippen LogP contribution in [0.1, 0.15) is 37.3 Å². The van der Waals surface area contributed by atoms with Crippen molar-refractivity contribution in [2.75, 3.05) is 5.73 Å². The molecule has 4 heteroatoms. The molecule has 1 aromatic rings. The number of rotatable bonds is 1. The predicted molar refractivity (Wildman–Crippen MR) is 51.5 cm³/mol. The number of halogens is 1. The quantitative estimate of drug-likeness (QED) is 0.707. The van der Waals surface area contributed by atoms with Gasteiger partial charge in [-0.3, -0.25) is 0 Å². The van der Waals surface area contributed by atoms with Crippen LogP contribution in [0.4, 0.5) is 5.82 Å². The van der Waals surface area contributed by atoms with E-state index >= 15 is 0 Å². The summed E-state index contributed by atoms with van der Waals surface area (Å²) in [4.78, 5) is 7.09. The first-order valence-electron chi connectivity index (χ1n) is 4.16. The van der Waals surface area contributed by atoms with Crippen molar-refractivity contribution in [1.29, 1.82) is 0 Å². The van der Waals surface area contributed by atoms with Crippen molar-refractivity contribution >= 4 is 18.2 Å². The molecular weight excluding hydrogens is 174 g/mol. The fourth-order valence-corrected chi connectivity index (χ4v) is 1.86. The summed E-state index contributed by atoms with van der Waals surface area (Å²) >= 11 is 0. The van der Waals surface area contributed by atoms with Crippen LogP contribution < -0.4 is 5.73 Å². The van der Waals surface area contributed by atoms with Crippen LogP contribution in [0.2, 0.25) is 0 Å². The van der Waals surface area contributed by atoms with Crippen LogP contribution in [-0.2, 0) is 0 Å². The number of imidazole rings is 1. The minimum Gasteiger partial charge on any atom is -0.382 e. The van der Waals surface area contributed by atoms with Gasteiger partial charge in [0, 0.05) is 5.92 Å². The lowest BCUT2D eigenvalue weighted by molar-refractivity contribution is 0.705. The molecule has 1 aliphatic carbocycles. The monoisotopic (exact) mass is 187 g/mol. The van der Waals surface area contributed by atoms with E-state index in [4.69, 9.17) is 5.73 Å². The first-order valence-corrected chi connectivity index (χ1v) is 4.16. The molecule has 1 aliphatic rings. The Bertz CT molecular complexity index is 240. The third-order valence-electron chi connectivity index (χ3n) is 2.46. The topological polar surface area (TPSA) is 54.7 Å². The molecular formula is C8H14ClN3. The van der Waals surface area contributed by atoms with Crippen molar-refractivity contribution in [2.45, 2.75) is 31.6 Å². The van der Waals surface area contributed by atoms with Gasteiger partial charge >= 0.3 is 0 Å². The fourth-order valence-electron chi connectivity index (χ4n) is 1.86. The number of H-pyrrole nitrogens is 1. The second-order valence-electron chi connectivity index (χ2n) is 3.18. The molecule has 3 N–H and O–H groups in total. The molecule has 68 valence electrons. The van der Waals surface area contributed by atoms with E-state index < -0.39 is 0 Å². The summed E-state index contributed by atoms with van der Waals surface area (Å²) in [5.74, 6) is 1.34. The normalized spacial score (nSPS) is 17.7. The summed E-state index contributed by atoms with van der Waals surface area (Å²) in [5.41, 5.74) is 6.83. The summed E-state index contributed by atoms with van der Waals surface area (Å²) < 4.78 is 0. The molecule has 0 unspecified atom stereocenters. The number of nitrogens with two attached hydrogens (primary N) is 1. The number of aromatic amines is 1. The van der Waals surface area contributed by atoms with Crippen LogP contribution in [0, 0.1) is 0 Å². The highest BCUT2D eigenvalue weighted by atomic mass is 35.5. The van der Waals surface area contributed by atoms with E-state index in [1.165, 1.54) is 25.7 Å². The maximum atomic E-state index is 5.68. The van der Waals surface area contributed by atoms with Gasteiger partial charge in [0.25, 0.3) is 0 Å². The maximum absolute atomic E-state index is 5.68. The van der Waals surface area contributed by atoms with E-state index in [0.717, 1.165) is 5.69 Å². The molecule has 12 heavy (non-hydrogen) atoms. The van der Waals surface area contributed by atoms with Gasteiger partial charge in [0.15, 0.2) is 0 Å². The summed E-state index contributed by atoms with van der Waals surface area (Å²) in [6.07, 6.45) is 6.90. The Labute approximate surface area is 78.2 Å². The van der Waals surface area contributed by atoms with E-state index in [2.05, 4.69) is 9.97 Å². The lowest BCUT2D eigenvalue weighted by Crippen LogP contribution is -1.97. The van der Waals surface area contributed by atoms with Crippen LogP contribution in [0.5, 0.6) is 0 Å². The van der Waals surface area contributed by atoms with Gasteiger partial charge < -0.3 is 10.7 Å². The van der Waals surface area contributed by atoms with E-state index in [1.54, 1.807) is 6.33 Å². The van der Waals surface area contributed by atoms with Gasteiger partial charge in [-0.25, -0.2) is 4.98 Å². The predicted octanol–water partition coefficient (Wildman–Crippen LogP) is 2.07. The van der Waals surface area contributed by atoms with Crippen molar-refractivity contribution in [2.24, 2.45) is 0 Å². The van der Waals surface area contributed by atoms with Crippen molar-refractivity contribution in [3.63, 3.8) is 0 Å². The van der Waals surface area contributed by atoms with Crippen LogP contribution in [0.3, 0.4) is 0 Å². The van der Waals surface area contributed by atoms with Gasteiger partial charge in [0.2, 0.25) is 0 Å². The molecule has 0 amide bonds. The standard InChI is InChI=1S/C8H13N3.ClH/c9-8-7(10-5-11-8)6-3-1-2-4-6;/h5-6H,1-4,9H2,(H,10,11);1H. The Balaban J connectivity index is 0.000000720. The molecule has 0 spiro atoms. The fraction of sp³-hybridized carbons (Fsp3) is 0.625. The van der Waals surface area contributed by atoms with Crippen molar-refractivity contribution in [3.05, 3.63) is 12.0 Å². The van der Waals surface area contributed by atoms with Crippen molar-refractivity contribution in [3.8, 4) is 0 Å². The largest absolute Gasteiger partial charge is 0.382 e. The molecule has 0 aromatic carbocycles. The Hall–Kier alpha value is -0.700. The SMILES string of the molecule is Cl.Nc1nc[nH]c1C1CCCC1. The molecule has 1 aromatic heterocycles. The summed E-state index contributed by atoms with van der Waals surface area (Å²) in [6, 6.07) is 0. The van der Waals surface area contributed by atoms with Gasteiger partial charge in [0.05, 0.1) is 12.0 Å². The number of hydrogen-bond acceptors (Lipinski definition) is 2. The first-order chi connectivity index (χ1) is 5.38. The van der Waals surface area contributed by atoms with Crippen LogP contribution in [-0.4, -0.2) is 9.97 Å². The van der Waals surface area contributed by atoms with Crippen LogP contribution in [0.15, 0.2) is 6.33 Å². The van der Waals surface area contributed by atoms with Crippen molar-refractivity contribution in [1.82, 2.24) is 9.97 Å². The number of anilines is 1. The Kier molecular flexibility index (Phi) is 2.98. The van der Waals surface area contributed by atoms with Gasteiger partial charge in [-0.05, 0) is 12.8 Å². The van der Waals surface area contributed by atoms with Gasteiger partial charge in [0.1, 0.15) is 5.82 Å². The zero-order chi connectivity index (χ0) is 7.68. The van der Waals surface area contributed by atoms with Gasteiger partial charge in [-0.2, -0.15) is 0 Å². The van der Waals surface area contributed by atoms with Crippen LogP contribution >= 0.6 is 12.4 Å². The molecule has 0 saturated heterocycles. The maximum Gasteiger partial charge on any atom is 0.144 e. The highest BCUT2D eigenvalue weighted by molar-refractivity contribution is 5.85. The second-order valence-corrected chi connectivity index (χ2v) is 3.18. The molecule has 0 aliphatic heterocycles. The molecule has 0 atom stereocenters. The third kappa shape index (κ3) is 1.55. The minimum atomic E-state index is 0. The molecule has 0 bridgehead atoms. The summed E-state index contributed by atoms with van der Waals surface area (Å²) in [5, 5.41) is 0. The van der Waals surface area contributed by atoms with E-state index in [0.29, 0.717) is 11.7 Å².